The molecule has 0 aromatic heterocycles. The van der Waals surface area contributed by atoms with Gasteiger partial charge in [-0.1, -0.05) is 198 Å². The molecule has 0 spiro atoms. The number of hydrogen-bond donors (Lipinski definition) is 4. The van der Waals surface area contributed by atoms with E-state index in [1.54, 1.807) is 0 Å². The van der Waals surface area contributed by atoms with E-state index in [0.717, 1.165) is 65.5 Å². The van der Waals surface area contributed by atoms with Crippen molar-refractivity contribution in [3.8, 4) is 0 Å². The fraction of sp³-hybridized carbons (Fsp3) is 0.649. The van der Waals surface area contributed by atoms with Gasteiger partial charge in [-0.15, -0.1) is 0 Å². The molecule has 0 radical (unpaired) electrons. The van der Waals surface area contributed by atoms with Gasteiger partial charge in [0.05, 0.1) is 46.4 Å². The van der Waals surface area contributed by atoms with Crippen LogP contribution in [-0.4, -0.2) is 45.6 Å². The Hall–Kier alpha value is -4.34. The van der Waals surface area contributed by atoms with Gasteiger partial charge in [-0.2, -0.15) is 0 Å². The van der Waals surface area contributed by atoms with Crippen molar-refractivity contribution in [2.45, 2.75) is 268 Å². The van der Waals surface area contributed by atoms with Crippen LogP contribution >= 0.6 is 0 Å². The highest BCUT2D eigenvalue weighted by atomic mass is 16.5. The number of rotatable bonds is 24. The second kappa shape index (κ2) is 33.4. The zero-order chi connectivity index (χ0) is 61.5. The summed E-state index contributed by atoms with van der Waals surface area (Å²) in [5.74, 6) is 2.23. The van der Waals surface area contributed by atoms with E-state index in [0.29, 0.717) is 55.6 Å². The Morgan fingerprint density at radius 2 is 0.780 bits per heavy atom. The van der Waals surface area contributed by atoms with E-state index in [1.165, 1.54) is 81.8 Å². The zero-order valence-corrected chi connectivity index (χ0v) is 54.7. The first-order valence-corrected chi connectivity index (χ1v) is 32.1. The largest absolute Gasteiger partial charge is 0.465 e. The van der Waals surface area contributed by atoms with Crippen molar-refractivity contribution in [2.24, 2.45) is 28.6 Å². The predicted molar refractivity (Wildman–Crippen MR) is 342 cm³/mol. The van der Waals surface area contributed by atoms with Gasteiger partial charge < -0.3 is 29.9 Å². The standard InChI is InChI=1S/C20H32O3.C19H30O3.C18H28O.C17H26O/c1-7-19(4,5)18(21)23-13-12-16-8-10-17(11-9-16)20(6,22)14-15(2)3;1-6-13-19(5,21)16-10-8-15(9-11-16)12-14-22-17(20)18(3,4)7-2;1-4-14(2)15-10-12-17(13-11-15)18(3,19)16-8-6-5-7-9-16;1-4-13(2)14-9-11-16(12-10-14)17(3,18)15-7-5-6-8-15/h8-11,15,22H,7,12-14H2,1-6H3;8-11,21H,6-7,12-14H2,1-5H3;10-14,16,19H,4-9H2,1-3H3;9-13,15,18H,4-8H2,1-3H3. The second-order valence-corrected chi connectivity index (χ2v) is 27.0. The van der Waals surface area contributed by atoms with Gasteiger partial charge in [0, 0.05) is 12.8 Å². The monoisotopic (exact) mass is 1130 g/mol. The Morgan fingerprint density at radius 3 is 1.09 bits per heavy atom. The van der Waals surface area contributed by atoms with E-state index in [1.807, 2.05) is 118 Å². The van der Waals surface area contributed by atoms with Crippen molar-refractivity contribution < 1.29 is 39.5 Å². The normalized spacial score (nSPS) is 17.8. The molecule has 82 heavy (non-hydrogen) atoms. The Morgan fingerprint density at radius 1 is 0.463 bits per heavy atom. The summed E-state index contributed by atoms with van der Waals surface area (Å²) in [6, 6.07) is 33.1. The molecule has 8 nitrogen and oxygen atoms in total. The lowest BCUT2D eigenvalue weighted by molar-refractivity contribution is -0.154. The van der Waals surface area contributed by atoms with Crippen LogP contribution in [0.15, 0.2) is 97.1 Å². The first-order chi connectivity index (χ1) is 38.4. The molecule has 2 aliphatic rings. The van der Waals surface area contributed by atoms with Gasteiger partial charge >= 0.3 is 11.9 Å². The Balaban J connectivity index is 0.000000288. The molecular formula is C74H116O8. The van der Waals surface area contributed by atoms with E-state index in [2.05, 4.69) is 97.0 Å². The summed E-state index contributed by atoms with van der Waals surface area (Å²) in [5.41, 5.74) is 5.30. The minimum absolute atomic E-state index is 0.141. The molecule has 460 valence electrons. The quantitative estimate of drug-likeness (QED) is 0.0510. The first kappa shape index (κ1) is 71.9. The third kappa shape index (κ3) is 22.3. The van der Waals surface area contributed by atoms with Crippen molar-refractivity contribution in [3.63, 3.8) is 0 Å². The molecule has 0 bridgehead atoms. The SMILES string of the molecule is CCC(C)(C)C(=O)OCCc1ccc(C(C)(O)CC(C)C)cc1.CCC(C)c1ccc(C(C)(O)C2CCCC2)cc1.CCC(C)c1ccc(C(C)(O)C2CCCCC2)cc1.CCCC(C)(O)c1ccc(CCOC(=O)C(C)(C)CC)cc1. The molecule has 0 saturated heterocycles. The number of benzene rings is 4. The van der Waals surface area contributed by atoms with Crippen molar-refractivity contribution in [1.82, 2.24) is 0 Å². The molecule has 6 rings (SSSR count). The molecule has 8 heteroatoms. The van der Waals surface area contributed by atoms with Gasteiger partial charge in [0.1, 0.15) is 0 Å². The molecule has 0 aliphatic heterocycles. The van der Waals surface area contributed by atoms with Crippen LogP contribution in [0.1, 0.15) is 277 Å². The van der Waals surface area contributed by atoms with Gasteiger partial charge in [-0.05, 0) is 194 Å². The van der Waals surface area contributed by atoms with Crippen LogP contribution in [0.25, 0.3) is 0 Å². The van der Waals surface area contributed by atoms with Gasteiger partial charge in [-0.25, -0.2) is 0 Å². The Labute approximate surface area is 500 Å². The maximum absolute atomic E-state index is 11.9. The highest BCUT2D eigenvalue weighted by molar-refractivity contribution is 5.76. The summed E-state index contributed by atoms with van der Waals surface area (Å²) in [6.45, 7) is 35.3. The highest BCUT2D eigenvalue weighted by Gasteiger charge is 2.36. The fourth-order valence-electron chi connectivity index (χ4n) is 11.2. The van der Waals surface area contributed by atoms with Crippen molar-refractivity contribution in [1.29, 1.82) is 0 Å². The van der Waals surface area contributed by atoms with Crippen LogP contribution < -0.4 is 0 Å². The van der Waals surface area contributed by atoms with Crippen LogP contribution in [-0.2, 0) is 54.3 Å². The lowest BCUT2D eigenvalue weighted by atomic mass is 9.74. The number of carbonyl (C=O) groups excluding carboxylic acids is 2. The smallest absolute Gasteiger partial charge is 0.311 e. The van der Waals surface area contributed by atoms with Crippen LogP contribution in [0, 0.1) is 28.6 Å². The molecule has 0 heterocycles. The molecule has 0 amide bonds. The molecule has 4 N–H and O–H groups in total. The molecule has 2 aliphatic carbocycles. The van der Waals surface area contributed by atoms with E-state index >= 15 is 0 Å². The molecular weight excluding hydrogens is 1020 g/mol. The lowest BCUT2D eigenvalue weighted by Crippen LogP contribution is -2.33. The topological polar surface area (TPSA) is 134 Å². The van der Waals surface area contributed by atoms with E-state index in [9.17, 15) is 30.0 Å². The van der Waals surface area contributed by atoms with Gasteiger partial charge in [0.2, 0.25) is 0 Å². The Bertz CT molecular complexity index is 2410. The zero-order valence-electron chi connectivity index (χ0n) is 54.7. The van der Waals surface area contributed by atoms with Crippen molar-refractivity contribution in [2.75, 3.05) is 13.2 Å². The average molecular weight is 1130 g/mol. The van der Waals surface area contributed by atoms with Crippen LogP contribution in [0.3, 0.4) is 0 Å². The van der Waals surface area contributed by atoms with E-state index < -0.39 is 33.2 Å². The summed E-state index contributed by atoms with van der Waals surface area (Å²) in [4.78, 5) is 23.8. The summed E-state index contributed by atoms with van der Waals surface area (Å²) >= 11 is 0. The number of ether oxygens (including phenoxy) is 2. The average Bonchev–Trinajstić information content (AvgIpc) is 4.16. The Kier molecular flexibility index (Phi) is 29.3. The molecule has 4 aromatic carbocycles. The number of hydrogen-bond acceptors (Lipinski definition) is 8. The molecule has 2 saturated carbocycles. The number of aliphatic hydroxyl groups is 4. The maximum atomic E-state index is 11.9. The molecule has 6 atom stereocenters. The number of esters is 2. The summed E-state index contributed by atoms with van der Waals surface area (Å²) < 4.78 is 10.7. The third-order valence-corrected chi connectivity index (χ3v) is 18.7. The van der Waals surface area contributed by atoms with Crippen LogP contribution in [0.5, 0.6) is 0 Å². The molecule has 4 aromatic rings. The lowest BCUT2D eigenvalue weighted by Gasteiger charge is -2.36. The number of carbonyl (C=O) groups is 2. The minimum Gasteiger partial charge on any atom is -0.465 e. The summed E-state index contributed by atoms with van der Waals surface area (Å²) in [6.07, 6.45) is 18.8. The van der Waals surface area contributed by atoms with E-state index in [4.69, 9.17) is 9.47 Å². The summed E-state index contributed by atoms with van der Waals surface area (Å²) in [5, 5.41) is 42.6. The van der Waals surface area contributed by atoms with E-state index in [-0.39, 0.29) is 11.9 Å². The minimum atomic E-state index is -0.801. The third-order valence-electron chi connectivity index (χ3n) is 18.7. The van der Waals surface area contributed by atoms with Crippen molar-refractivity contribution in [3.05, 3.63) is 142 Å². The second-order valence-electron chi connectivity index (χ2n) is 27.0. The highest BCUT2D eigenvalue weighted by Crippen LogP contribution is 2.42. The fourth-order valence-corrected chi connectivity index (χ4v) is 11.2. The van der Waals surface area contributed by atoms with Gasteiger partial charge in [-0.3, -0.25) is 9.59 Å². The summed E-state index contributed by atoms with van der Waals surface area (Å²) in [7, 11) is 0. The van der Waals surface area contributed by atoms with Gasteiger partial charge in [0.15, 0.2) is 0 Å². The maximum Gasteiger partial charge on any atom is 0.311 e. The molecule has 2 fully saturated rings. The van der Waals surface area contributed by atoms with Crippen molar-refractivity contribution >= 4 is 11.9 Å². The van der Waals surface area contributed by atoms with Crippen LogP contribution in [0.2, 0.25) is 0 Å². The van der Waals surface area contributed by atoms with Gasteiger partial charge in [0.25, 0.3) is 0 Å². The predicted octanol–water partition coefficient (Wildman–Crippen LogP) is 18.3. The first-order valence-electron chi connectivity index (χ1n) is 32.1. The van der Waals surface area contributed by atoms with Crippen LogP contribution in [0.4, 0.5) is 0 Å². The molecule has 6 unspecified atom stereocenters.